The molecular weight excluding hydrogens is 741 g/mol. The van der Waals surface area contributed by atoms with E-state index in [9.17, 15) is 0 Å². The molecule has 3 heteroatoms. The van der Waals surface area contributed by atoms with Gasteiger partial charge in [0, 0.05) is 44.0 Å². The number of hydrogen-bond acceptors (Lipinski definition) is 2. The zero-order valence-corrected chi connectivity index (χ0v) is 33.2. The minimum absolute atomic E-state index is 0.893. The van der Waals surface area contributed by atoms with Gasteiger partial charge in [0.25, 0.3) is 0 Å². The van der Waals surface area contributed by atoms with Crippen LogP contribution < -0.4 is 4.90 Å². The number of aromatic nitrogens is 1. The summed E-state index contributed by atoms with van der Waals surface area (Å²) in [7, 11) is 0. The van der Waals surface area contributed by atoms with Gasteiger partial charge in [0.15, 0.2) is 0 Å². The molecule has 0 aliphatic carbocycles. The lowest BCUT2D eigenvalue weighted by atomic mass is 9.97. The molecule has 0 unspecified atom stereocenters. The van der Waals surface area contributed by atoms with Crippen molar-refractivity contribution in [2.24, 2.45) is 0 Å². The highest BCUT2D eigenvalue weighted by molar-refractivity contribution is 6.12. The SMILES string of the molecule is c1ccc(-c2ccccc2N(c2ccc(-c3cccc4ccccc34)cc2)c2ccc3c4ccccc4n(-c4ccccc4-c4ccc5oc6ccccc6c5c4)c3c2)cc1. The molecule has 0 radical (unpaired) electrons. The monoisotopic (exact) mass is 778 g/mol. The molecule has 0 spiro atoms. The van der Waals surface area contributed by atoms with E-state index in [2.05, 4.69) is 228 Å². The molecule has 0 saturated carbocycles. The Balaban J connectivity index is 1.07. The summed E-state index contributed by atoms with van der Waals surface area (Å²) in [6.07, 6.45) is 0. The first kappa shape index (κ1) is 34.9. The molecule has 286 valence electrons. The van der Waals surface area contributed by atoms with E-state index in [4.69, 9.17) is 4.42 Å². The van der Waals surface area contributed by atoms with Crippen molar-refractivity contribution in [3.63, 3.8) is 0 Å². The molecule has 0 atom stereocenters. The van der Waals surface area contributed by atoms with Gasteiger partial charge in [0.2, 0.25) is 0 Å². The number of furan rings is 1. The summed E-state index contributed by atoms with van der Waals surface area (Å²) in [4.78, 5) is 2.42. The van der Waals surface area contributed by atoms with Gasteiger partial charge in [0.05, 0.1) is 22.4 Å². The quantitative estimate of drug-likeness (QED) is 0.161. The fourth-order valence-corrected chi connectivity index (χ4v) is 9.39. The highest BCUT2D eigenvalue weighted by Crippen LogP contribution is 2.45. The Hall–Kier alpha value is -8.14. The second-order valence-corrected chi connectivity index (χ2v) is 15.7. The molecule has 2 heterocycles. The minimum atomic E-state index is 0.893. The van der Waals surface area contributed by atoms with Crippen molar-refractivity contribution in [1.29, 1.82) is 0 Å². The van der Waals surface area contributed by atoms with E-state index < -0.39 is 0 Å². The predicted octanol–water partition coefficient (Wildman–Crippen LogP) is 16.3. The molecule has 10 aromatic carbocycles. The molecule has 3 nitrogen and oxygen atoms in total. The van der Waals surface area contributed by atoms with Gasteiger partial charge in [-0.25, -0.2) is 0 Å². The van der Waals surface area contributed by atoms with E-state index >= 15 is 0 Å². The van der Waals surface area contributed by atoms with E-state index in [0.29, 0.717) is 0 Å². The summed E-state index contributed by atoms with van der Waals surface area (Å²) in [5.41, 5.74) is 15.5. The lowest BCUT2D eigenvalue weighted by Gasteiger charge is -2.28. The van der Waals surface area contributed by atoms with E-state index in [1.165, 1.54) is 38.2 Å². The highest BCUT2D eigenvalue weighted by Gasteiger charge is 2.21. The zero-order chi connectivity index (χ0) is 40.3. The van der Waals surface area contributed by atoms with Crippen LogP contribution >= 0.6 is 0 Å². The van der Waals surface area contributed by atoms with Crippen LogP contribution in [0, 0.1) is 0 Å². The molecule has 0 N–H and O–H groups in total. The maximum absolute atomic E-state index is 6.24. The van der Waals surface area contributed by atoms with Crippen molar-refractivity contribution >= 4 is 71.6 Å². The molecular formula is C58H38N2O. The van der Waals surface area contributed by atoms with Crippen LogP contribution in [-0.2, 0) is 0 Å². The summed E-state index contributed by atoms with van der Waals surface area (Å²) in [5.74, 6) is 0. The van der Waals surface area contributed by atoms with E-state index in [1.54, 1.807) is 0 Å². The molecule has 0 saturated heterocycles. The second-order valence-electron chi connectivity index (χ2n) is 15.7. The maximum atomic E-state index is 6.24. The Bertz CT molecular complexity index is 3590. The maximum Gasteiger partial charge on any atom is 0.135 e. The van der Waals surface area contributed by atoms with Crippen LogP contribution in [-0.4, -0.2) is 4.57 Å². The first-order valence-electron chi connectivity index (χ1n) is 20.8. The van der Waals surface area contributed by atoms with Crippen molar-refractivity contribution in [3.05, 3.63) is 231 Å². The van der Waals surface area contributed by atoms with E-state index in [1.807, 2.05) is 12.1 Å². The van der Waals surface area contributed by atoms with Gasteiger partial charge in [-0.2, -0.15) is 0 Å². The van der Waals surface area contributed by atoms with E-state index in [-0.39, 0.29) is 0 Å². The first-order valence-corrected chi connectivity index (χ1v) is 20.8. The van der Waals surface area contributed by atoms with Crippen molar-refractivity contribution in [2.75, 3.05) is 4.90 Å². The third-order valence-electron chi connectivity index (χ3n) is 12.2. The number of benzene rings is 10. The Kier molecular flexibility index (Phi) is 8.17. The van der Waals surface area contributed by atoms with Crippen molar-refractivity contribution in [2.45, 2.75) is 0 Å². The van der Waals surface area contributed by atoms with Gasteiger partial charge in [0.1, 0.15) is 11.2 Å². The summed E-state index contributed by atoms with van der Waals surface area (Å²) in [6, 6.07) is 83.1. The Morgan fingerprint density at radius 1 is 0.328 bits per heavy atom. The molecule has 61 heavy (non-hydrogen) atoms. The Labute approximate surface area is 353 Å². The fourth-order valence-electron chi connectivity index (χ4n) is 9.39. The zero-order valence-electron chi connectivity index (χ0n) is 33.2. The second kappa shape index (κ2) is 14.3. The first-order chi connectivity index (χ1) is 30.3. The average molecular weight is 779 g/mol. The third kappa shape index (κ3) is 5.82. The Morgan fingerprint density at radius 2 is 0.934 bits per heavy atom. The van der Waals surface area contributed by atoms with Crippen molar-refractivity contribution in [1.82, 2.24) is 4.57 Å². The van der Waals surface area contributed by atoms with Crippen LogP contribution in [0.25, 0.3) is 93.6 Å². The van der Waals surface area contributed by atoms with Crippen LogP contribution in [0.5, 0.6) is 0 Å². The van der Waals surface area contributed by atoms with Crippen LogP contribution in [0.1, 0.15) is 0 Å². The topological polar surface area (TPSA) is 21.3 Å². The highest BCUT2D eigenvalue weighted by atomic mass is 16.3. The van der Waals surface area contributed by atoms with Gasteiger partial charge in [-0.05, 0) is 93.7 Å². The summed E-state index contributed by atoms with van der Waals surface area (Å²) < 4.78 is 8.69. The van der Waals surface area contributed by atoms with Gasteiger partial charge < -0.3 is 13.9 Å². The fraction of sp³-hybridized carbons (Fsp3) is 0. The predicted molar refractivity (Wildman–Crippen MR) is 257 cm³/mol. The van der Waals surface area contributed by atoms with Crippen LogP contribution in [0.3, 0.4) is 0 Å². The van der Waals surface area contributed by atoms with Gasteiger partial charge >= 0.3 is 0 Å². The van der Waals surface area contributed by atoms with Gasteiger partial charge in [-0.3, -0.25) is 0 Å². The molecule has 0 aliphatic heterocycles. The summed E-state index contributed by atoms with van der Waals surface area (Å²) in [5, 5.41) is 7.15. The lowest BCUT2D eigenvalue weighted by Crippen LogP contribution is -2.11. The largest absolute Gasteiger partial charge is 0.456 e. The van der Waals surface area contributed by atoms with Crippen molar-refractivity contribution in [3.8, 4) is 39.1 Å². The number of hydrogen-bond donors (Lipinski definition) is 0. The molecule has 12 aromatic rings. The molecule has 0 fully saturated rings. The number of anilines is 3. The third-order valence-corrected chi connectivity index (χ3v) is 12.2. The van der Waals surface area contributed by atoms with Crippen molar-refractivity contribution < 1.29 is 4.42 Å². The summed E-state index contributed by atoms with van der Waals surface area (Å²) >= 11 is 0. The number of fused-ring (bicyclic) bond motifs is 7. The van der Waals surface area contributed by atoms with Crippen LogP contribution in [0.4, 0.5) is 17.1 Å². The summed E-state index contributed by atoms with van der Waals surface area (Å²) in [6.45, 7) is 0. The van der Waals surface area contributed by atoms with Gasteiger partial charge in [-0.1, -0.05) is 170 Å². The van der Waals surface area contributed by atoms with Crippen LogP contribution in [0.2, 0.25) is 0 Å². The molecule has 0 bridgehead atoms. The number of para-hydroxylation sites is 4. The van der Waals surface area contributed by atoms with E-state index in [0.717, 1.165) is 72.4 Å². The molecule has 0 aliphatic rings. The normalized spacial score (nSPS) is 11.6. The molecule has 0 amide bonds. The molecule has 12 rings (SSSR count). The molecule has 2 aromatic heterocycles. The van der Waals surface area contributed by atoms with Gasteiger partial charge in [-0.15, -0.1) is 0 Å². The number of rotatable bonds is 7. The minimum Gasteiger partial charge on any atom is -0.456 e. The lowest BCUT2D eigenvalue weighted by molar-refractivity contribution is 0.669. The van der Waals surface area contributed by atoms with Crippen LogP contribution in [0.15, 0.2) is 235 Å². The smallest absolute Gasteiger partial charge is 0.135 e. The number of nitrogens with zero attached hydrogens (tertiary/aromatic N) is 2. The average Bonchev–Trinajstić information content (AvgIpc) is 3.87. The standard InChI is InChI=1S/C58H38N2O/c1-2-15-40(16-3-1)47-20-6-10-25-53(47)59(43-32-29-41(30-33-43)46-24-14-18-39-17-4-5-19-45(39)46)44-34-35-50-49-22-8-12-27-55(49)60(56(50)38-44)54-26-11-7-21-48(54)42-31-36-58-52(37-42)51-23-9-13-28-57(51)61-58/h1-38H. The Morgan fingerprint density at radius 3 is 1.82 bits per heavy atom.